The molecule has 0 amide bonds. The van der Waals surface area contributed by atoms with Crippen molar-refractivity contribution < 1.29 is 13.9 Å². The third-order valence-electron chi connectivity index (χ3n) is 5.86. The van der Waals surface area contributed by atoms with E-state index >= 15 is 0 Å². The number of nitrogens with zero attached hydrogens (tertiary/aromatic N) is 2. The van der Waals surface area contributed by atoms with Crippen LogP contribution in [0.5, 0.6) is 0 Å². The molecule has 0 spiro atoms. The van der Waals surface area contributed by atoms with Gasteiger partial charge in [-0.2, -0.15) is 0 Å². The van der Waals surface area contributed by atoms with Crippen LogP contribution in [0.15, 0.2) is 80.1 Å². The molecule has 0 fully saturated rings. The second-order valence-electron chi connectivity index (χ2n) is 8.91. The number of hydrogen-bond acceptors (Lipinski definition) is 6. The summed E-state index contributed by atoms with van der Waals surface area (Å²) in [5.41, 5.74) is 1.83. The van der Waals surface area contributed by atoms with Crippen LogP contribution < -0.4 is 14.9 Å². The first kappa shape index (κ1) is 26.5. The summed E-state index contributed by atoms with van der Waals surface area (Å²) >= 11 is 19.8. The Kier molecular flexibility index (Phi) is 7.38. The van der Waals surface area contributed by atoms with Gasteiger partial charge in [-0.25, -0.2) is 9.79 Å². The molecule has 0 radical (unpaired) electrons. The number of thiazole rings is 1. The number of halogens is 3. The Hall–Kier alpha value is -3.10. The molecule has 1 aliphatic heterocycles. The summed E-state index contributed by atoms with van der Waals surface area (Å²) in [6, 6.07) is 14.9. The summed E-state index contributed by atoms with van der Waals surface area (Å²) in [5, 5.41) is 1.57. The van der Waals surface area contributed by atoms with Crippen molar-refractivity contribution in [3.05, 3.63) is 112 Å². The number of ether oxygens (including phenoxy) is 1. The highest BCUT2D eigenvalue weighted by atomic mass is 35.5. The van der Waals surface area contributed by atoms with Gasteiger partial charge in [-0.05, 0) is 68.8 Å². The molecule has 1 aliphatic rings. The van der Waals surface area contributed by atoms with Crippen LogP contribution in [0.3, 0.4) is 0 Å². The van der Waals surface area contributed by atoms with Crippen molar-refractivity contribution in [2.45, 2.75) is 32.9 Å². The minimum atomic E-state index is -0.727. The second kappa shape index (κ2) is 10.6. The Labute approximate surface area is 237 Å². The predicted octanol–water partition coefficient (Wildman–Crippen LogP) is 6.41. The van der Waals surface area contributed by atoms with Gasteiger partial charge in [0.2, 0.25) is 0 Å². The summed E-state index contributed by atoms with van der Waals surface area (Å²) in [7, 11) is 0. The maximum Gasteiger partial charge on any atom is 0.338 e. The zero-order valence-corrected chi connectivity index (χ0v) is 23.6. The van der Waals surface area contributed by atoms with Crippen LogP contribution in [0.25, 0.3) is 17.4 Å². The summed E-state index contributed by atoms with van der Waals surface area (Å²) in [6.07, 6.45) is 1.31. The van der Waals surface area contributed by atoms with E-state index in [-0.39, 0.29) is 11.7 Å². The van der Waals surface area contributed by atoms with Gasteiger partial charge in [-0.15, -0.1) is 0 Å². The van der Waals surface area contributed by atoms with Gasteiger partial charge in [0.25, 0.3) is 5.56 Å². The van der Waals surface area contributed by atoms with Crippen LogP contribution in [-0.2, 0) is 9.53 Å². The van der Waals surface area contributed by atoms with Crippen LogP contribution in [-0.4, -0.2) is 16.6 Å². The van der Waals surface area contributed by atoms with Crippen LogP contribution in [0.1, 0.15) is 38.1 Å². The van der Waals surface area contributed by atoms with E-state index in [1.807, 2.05) is 0 Å². The lowest BCUT2D eigenvalue weighted by atomic mass is 9.96. The standard InChI is InChI=1S/C28H21Cl3N2O4S/c1-14(2)36-27(35)24-15(3)32-28-33(25(24)16-4-6-17(29)7-5-16)26(34)23(38-28)13-19-9-11-22(37-19)20-12-18(30)8-10-21(20)31/h4-14,25H,1-3H3/b23-13-. The molecular weight excluding hydrogens is 567 g/mol. The average Bonchev–Trinajstić information content (AvgIpc) is 3.44. The summed E-state index contributed by atoms with van der Waals surface area (Å²) in [6.45, 7) is 5.29. The fourth-order valence-corrected chi connectivity index (χ4v) is 5.75. The maximum atomic E-state index is 13.7. The first-order chi connectivity index (χ1) is 18.1. The van der Waals surface area contributed by atoms with E-state index in [1.165, 1.54) is 15.9 Å². The van der Waals surface area contributed by atoms with E-state index in [0.29, 0.717) is 58.3 Å². The van der Waals surface area contributed by atoms with Gasteiger partial charge in [0.1, 0.15) is 11.5 Å². The first-order valence-electron chi connectivity index (χ1n) is 11.7. The number of aromatic nitrogens is 1. The SMILES string of the molecule is CC1=C(C(=O)OC(C)C)C(c2ccc(Cl)cc2)n2c(s/c(=C\c3ccc(-c4cc(Cl)ccc4Cl)o3)c2=O)=N1. The van der Waals surface area contributed by atoms with Gasteiger partial charge in [0, 0.05) is 21.7 Å². The van der Waals surface area contributed by atoms with E-state index in [0.717, 1.165) is 0 Å². The molecule has 1 unspecified atom stereocenters. The van der Waals surface area contributed by atoms with Crippen LogP contribution in [0.2, 0.25) is 15.1 Å². The van der Waals surface area contributed by atoms with Gasteiger partial charge >= 0.3 is 5.97 Å². The third-order valence-corrected chi connectivity index (χ3v) is 7.66. The van der Waals surface area contributed by atoms with Crippen LogP contribution in [0.4, 0.5) is 0 Å². The average molecular weight is 588 g/mol. The molecular formula is C28H21Cl3N2O4S. The molecule has 4 aromatic rings. The third kappa shape index (κ3) is 5.12. The summed E-state index contributed by atoms with van der Waals surface area (Å²) in [4.78, 5) is 32.0. The lowest BCUT2D eigenvalue weighted by Gasteiger charge is -2.25. The lowest BCUT2D eigenvalue weighted by Crippen LogP contribution is -2.40. The molecule has 2 aromatic carbocycles. The van der Waals surface area contributed by atoms with E-state index in [2.05, 4.69) is 4.99 Å². The first-order valence-corrected chi connectivity index (χ1v) is 13.6. The van der Waals surface area contributed by atoms with E-state index < -0.39 is 12.0 Å². The van der Waals surface area contributed by atoms with E-state index in [1.54, 1.807) is 81.4 Å². The zero-order valence-electron chi connectivity index (χ0n) is 20.5. The van der Waals surface area contributed by atoms with Crippen molar-refractivity contribution in [1.82, 2.24) is 4.57 Å². The van der Waals surface area contributed by atoms with Crippen LogP contribution >= 0.6 is 46.1 Å². The van der Waals surface area contributed by atoms with Crippen molar-refractivity contribution in [2.24, 2.45) is 4.99 Å². The fourth-order valence-electron chi connectivity index (χ4n) is 4.21. The maximum absolute atomic E-state index is 13.7. The number of hydrogen-bond donors (Lipinski definition) is 0. The number of benzene rings is 2. The highest BCUT2D eigenvalue weighted by Crippen LogP contribution is 2.33. The number of furan rings is 1. The Balaban J connectivity index is 1.64. The predicted molar refractivity (Wildman–Crippen MR) is 151 cm³/mol. The molecule has 0 bridgehead atoms. The second-order valence-corrected chi connectivity index (χ2v) is 11.2. The molecule has 3 heterocycles. The number of carbonyl (C=O) groups excluding carboxylic acids is 1. The molecule has 0 saturated carbocycles. The molecule has 6 nitrogen and oxygen atoms in total. The summed E-state index contributed by atoms with van der Waals surface area (Å²) in [5.74, 6) is 0.453. The Morgan fingerprint density at radius 2 is 1.79 bits per heavy atom. The lowest BCUT2D eigenvalue weighted by molar-refractivity contribution is -0.143. The number of fused-ring (bicyclic) bond motifs is 1. The van der Waals surface area contributed by atoms with Crippen LogP contribution in [0, 0.1) is 0 Å². The van der Waals surface area contributed by atoms with Gasteiger partial charge < -0.3 is 9.15 Å². The fraction of sp³-hybridized carbons (Fsp3) is 0.179. The number of allylic oxidation sites excluding steroid dienone is 1. The van der Waals surface area contributed by atoms with Crippen molar-refractivity contribution in [1.29, 1.82) is 0 Å². The number of esters is 1. The number of rotatable bonds is 5. The molecule has 38 heavy (non-hydrogen) atoms. The van der Waals surface area contributed by atoms with Gasteiger partial charge in [-0.1, -0.05) is 58.3 Å². The molecule has 1 atom stereocenters. The Bertz CT molecular complexity index is 1760. The van der Waals surface area contributed by atoms with Gasteiger partial charge in [-0.3, -0.25) is 9.36 Å². The van der Waals surface area contributed by atoms with Gasteiger partial charge in [0.05, 0.1) is 33.0 Å². The van der Waals surface area contributed by atoms with Crippen molar-refractivity contribution in [2.75, 3.05) is 0 Å². The van der Waals surface area contributed by atoms with Crippen molar-refractivity contribution in [3.63, 3.8) is 0 Å². The Morgan fingerprint density at radius 3 is 2.50 bits per heavy atom. The highest BCUT2D eigenvalue weighted by Gasteiger charge is 2.33. The molecule has 2 aromatic heterocycles. The molecule has 0 saturated heterocycles. The molecule has 10 heteroatoms. The quantitative estimate of drug-likeness (QED) is 0.253. The largest absolute Gasteiger partial charge is 0.459 e. The minimum absolute atomic E-state index is 0.302. The minimum Gasteiger partial charge on any atom is -0.459 e. The monoisotopic (exact) mass is 586 g/mol. The van der Waals surface area contributed by atoms with E-state index in [9.17, 15) is 9.59 Å². The normalized spacial score (nSPS) is 15.6. The topological polar surface area (TPSA) is 73.8 Å². The van der Waals surface area contributed by atoms with Crippen molar-refractivity contribution in [3.8, 4) is 11.3 Å². The summed E-state index contributed by atoms with van der Waals surface area (Å²) < 4.78 is 13.4. The zero-order chi connectivity index (χ0) is 27.1. The smallest absolute Gasteiger partial charge is 0.338 e. The van der Waals surface area contributed by atoms with Crippen molar-refractivity contribution >= 4 is 58.2 Å². The molecule has 194 valence electrons. The van der Waals surface area contributed by atoms with E-state index in [4.69, 9.17) is 44.0 Å². The highest BCUT2D eigenvalue weighted by molar-refractivity contribution is 7.07. The Morgan fingerprint density at radius 1 is 1.08 bits per heavy atom. The molecule has 5 rings (SSSR count). The molecule has 0 aliphatic carbocycles. The number of carbonyl (C=O) groups is 1. The van der Waals surface area contributed by atoms with Gasteiger partial charge in [0.15, 0.2) is 4.80 Å². The molecule has 0 N–H and O–H groups in total.